The van der Waals surface area contributed by atoms with Crippen LogP contribution in [0.2, 0.25) is 5.02 Å². The van der Waals surface area contributed by atoms with Crippen LogP contribution in [0.5, 0.6) is 0 Å². The van der Waals surface area contributed by atoms with Crippen LogP contribution in [0.1, 0.15) is 18.2 Å². The molecule has 10 heteroatoms. The maximum absolute atomic E-state index is 12.8. The number of hydrogen-bond donors (Lipinski definition) is 2. The van der Waals surface area contributed by atoms with Gasteiger partial charge in [0.25, 0.3) is 5.56 Å². The van der Waals surface area contributed by atoms with Crippen LogP contribution in [-0.2, 0) is 11.0 Å². The first-order chi connectivity index (χ1) is 11.6. The quantitative estimate of drug-likeness (QED) is 0.613. The van der Waals surface area contributed by atoms with Crippen molar-refractivity contribution in [3.63, 3.8) is 0 Å². The highest BCUT2D eigenvalue weighted by atomic mass is 35.5. The molecule has 0 saturated heterocycles. The number of aromatic amines is 1. The average molecular weight is 392 g/mol. The molecule has 134 valence electrons. The molecule has 0 radical (unpaired) electrons. The van der Waals surface area contributed by atoms with Crippen molar-refractivity contribution in [3.8, 4) is 0 Å². The summed E-state index contributed by atoms with van der Waals surface area (Å²) in [5, 5.41) is 1.49. The lowest BCUT2D eigenvalue weighted by atomic mass is 10.2. The van der Waals surface area contributed by atoms with E-state index in [1.54, 1.807) is 13.8 Å². The Kier molecular flexibility index (Phi) is 5.79. The summed E-state index contributed by atoms with van der Waals surface area (Å²) < 4.78 is 38.5. The number of carbonyl (C=O) groups excluding carboxylic acids is 1. The highest BCUT2D eigenvalue weighted by Crippen LogP contribution is 2.36. The zero-order valence-corrected chi connectivity index (χ0v) is 14.6. The molecule has 1 atom stereocenters. The summed E-state index contributed by atoms with van der Waals surface area (Å²) in [5.41, 5.74) is -0.918. The summed E-state index contributed by atoms with van der Waals surface area (Å²) in [7, 11) is 0. The van der Waals surface area contributed by atoms with Gasteiger partial charge in [-0.1, -0.05) is 23.4 Å². The second-order valence-corrected chi connectivity index (χ2v) is 6.87. The van der Waals surface area contributed by atoms with E-state index in [1.807, 2.05) is 0 Å². The van der Waals surface area contributed by atoms with Gasteiger partial charge in [-0.05, 0) is 32.0 Å². The van der Waals surface area contributed by atoms with Crippen molar-refractivity contribution in [2.75, 3.05) is 5.32 Å². The van der Waals surface area contributed by atoms with Gasteiger partial charge in [0.1, 0.15) is 0 Å². The summed E-state index contributed by atoms with van der Waals surface area (Å²) in [6, 6.07) is 4.42. The van der Waals surface area contributed by atoms with Crippen LogP contribution in [-0.4, -0.2) is 21.1 Å². The summed E-state index contributed by atoms with van der Waals surface area (Å²) in [4.78, 5) is 30.1. The Bertz CT molecular complexity index is 855. The number of halogens is 4. The van der Waals surface area contributed by atoms with E-state index in [4.69, 9.17) is 11.6 Å². The fraction of sp³-hybridized carbons (Fsp3) is 0.267. The lowest BCUT2D eigenvalue weighted by molar-refractivity contribution is -0.137. The van der Waals surface area contributed by atoms with Crippen molar-refractivity contribution >= 4 is 35.0 Å². The normalized spacial score (nSPS) is 12.7. The number of hydrogen-bond acceptors (Lipinski definition) is 4. The lowest BCUT2D eigenvalue weighted by Crippen LogP contribution is -2.23. The van der Waals surface area contributed by atoms with Crippen LogP contribution >= 0.6 is 23.4 Å². The molecule has 1 unspecified atom stereocenters. The summed E-state index contributed by atoms with van der Waals surface area (Å²) >= 11 is 6.52. The predicted molar refractivity (Wildman–Crippen MR) is 90.0 cm³/mol. The van der Waals surface area contributed by atoms with Gasteiger partial charge in [-0.15, -0.1) is 0 Å². The van der Waals surface area contributed by atoms with Crippen molar-refractivity contribution in [2.24, 2.45) is 0 Å². The number of H-pyrrole nitrogens is 1. The minimum Gasteiger partial charge on any atom is -0.325 e. The fourth-order valence-electron chi connectivity index (χ4n) is 1.89. The summed E-state index contributed by atoms with van der Waals surface area (Å²) in [6.45, 7) is 3.18. The molecular formula is C15H13ClF3N3O2S. The van der Waals surface area contributed by atoms with Gasteiger partial charge in [0.15, 0.2) is 5.16 Å². The van der Waals surface area contributed by atoms with Crippen LogP contribution in [0, 0.1) is 6.92 Å². The lowest BCUT2D eigenvalue weighted by Gasteiger charge is -2.14. The van der Waals surface area contributed by atoms with E-state index >= 15 is 0 Å². The molecule has 25 heavy (non-hydrogen) atoms. The van der Waals surface area contributed by atoms with Crippen molar-refractivity contribution in [1.82, 2.24) is 9.97 Å². The molecule has 5 nitrogen and oxygen atoms in total. The van der Waals surface area contributed by atoms with E-state index in [1.165, 1.54) is 12.1 Å². The van der Waals surface area contributed by atoms with Gasteiger partial charge in [0.2, 0.25) is 5.91 Å². The van der Waals surface area contributed by atoms with Crippen molar-refractivity contribution in [3.05, 3.63) is 50.9 Å². The number of nitrogens with zero attached hydrogens (tertiary/aromatic N) is 1. The Morgan fingerprint density at radius 1 is 1.36 bits per heavy atom. The van der Waals surface area contributed by atoms with Crippen LogP contribution in [0.15, 0.2) is 34.2 Å². The van der Waals surface area contributed by atoms with Gasteiger partial charge in [-0.3, -0.25) is 9.59 Å². The van der Waals surface area contributed by atoms with E-state index in [2.05, 4.69) is 15.3 Å². The van der Waals surface area contributed by atoms with Crippen LogP contribution in [0.4, 0.5) is 18.9 Å². The Labute approximate surface area is 150 Å². The SMILES string of the molecule is Cc1cc(=O)[nH]c(SC(C)C(=O)Nc2ccc(Cl)c(C(F)(F)F)c2)n1. The zero-order chi connectivity index (χ0) is 18.8. The molecule has 0 aliphatic rings. The molecule has 0 spiro atoms. The first kappa shape index (κ1) is 19.3. The Hall–Kier alpha value is -2.00. The van der Waals surface area contributed by atoms with Crippen LogP contribution in [0.3, 0.4) is 0 Å². The number of amides is 1. The minimum absolute atomic E-state index is 0.0279. The molecule has 0 aliphatic carbocycles. The third-order valence-electron chi connectivity index (χ3n) is 3.04. The molecule has 2 aromatic rings. The molecule has 1 heterocycles. The Morgan fingerprint density at radius 3 is 2.64 bits per heavy atom. The number of benzene rings is 1. The number of alkyl halides is 3. The maximum Gasteiger partial charge on any atom is 0.417 e. The van der Waals surface area contributed by atoms with Gasteiger partial charge in [-0.25, -0.2) is 4.98 Å². The number of rotatable bonds is 4. The van der Waals surface area contributed by atoms with Crippen LogP contribution in [0.25, 0.3) is 0 Å². The number of nitrogens with one attached hydrogen (secondary N) is 2. The maximum atomic E-state index is 12.8. The molecule has 0 fully saturated rings. The smallest absolute Gasteiger partial charge is 0.325 e. The second-order valence-electron chi connectivity index (χ2n) is 5.13. The number of carbonyl (C=O) groups is 1. The molecule has 0 bridgehead atoms. The average Bonchev–Trinajstić information content (AvgIpc) is 2.46. The Balaban J connectivity index is 2.12. The summed E-state index contributed by atoms with van der Waals surface area (Å²) in [5.74, 6) is -0.537. The molecule has 1 aromatic heterocycles. The fourth-order valence-corrected chi connectivity index (χ4v) is 2.97. The van der Waals surface area contributed by atoms with Gasteiger partial charge >= 0.3 is 6.18 Å². The van der Waals surface area contributed by atoms with E-state index in [-0.39, 0.29) is 16.4 Å². The van der Waals surface area contributed by atoms with Gasteiger partial charge < -0.3 is 10.3 Å². The number of aromatic nitrogens is 2. The Morgan fingerprint density at radius 2 is 2.04 bits per heavy atom. The molecule has 1 amide bonds. The van der Waals surface area contributed by atoms with Crippen molar-refractivity contribution in [1.29, 1.82) is 0 Å². The van der Waals surface area contributed by atoms with Gasteiger partial charge in [0, 0.05) is 17.4 Å². The summed E-state index contributed by atoms with van der Waals surface area (Å²) in [6.07, 6.45) is -4.62. The highest BCUT2D eigenvalue weighted by Gasteiger charge is 2.33. The first-order valence-corrected chi connectivity index (χ1v) is 8.24. The van der Waals surface area contributed by atoms with E-state index in [9.17, 15) is 22.8 Å². The third kappa shape index (κ3) is 5.23. The highest BCUT2D eigenvalue weighted by molar-refractivity contribution is 8.00. The second kappa shape index (κ2) is 7.49. The van der Waals surface area contributed by atoms with Gasteiger partial charge in [0.05, 0.1) is 15.8 Å². The first-order valence-electron chi connectivity index (χ1n) is 6.98. The minimum atomic E-state index is -4.62. The number of aryl methyl sites for hydroxylation is 1. The monoisotopic (exact) mass is 391 g/mol. The molecule has 1 aromatic carbocycles. The molecule has 2 N–H and O–H groups in total. The van der Waals surface area contributed by atoms with E-state index in [0.717, 1.165) is 23.9 Å². The number of thioether (sulfide) groups is 1. The number of anilines is 1. The topological polar surface area (TPSA) is 74.8 Å². The third-order valence-corrected chi connectivity index (χ3v) is 4.36. The van der Waals surface area contributed by atoms with Crippen LogP contribution < -0.4 is 10.9 Å². The molecule has 0 aliphatic heterocycles. The van der Waals surface area contributed by atoms with Gasteiger partial charge in [-0.2, -0.15) is 13.2 Å². The van der Waals surface area contributed by atoms with Crippen molar-refractivity contribution < 1.29 is 18.0 Å². The molecule has 0 saturated carbocycles. The largest absolute Gasteiger partial charge is 0.417 e. The van der Waals surface area contributed by atoms with E-state index < -0.39 is 27.9 Å². The van der Waals surface area contributed by atoms with Crippen molar-refractivity contribution in [2.45, 2.75) is 30.4 Å². The molecule has 2 rings (SSSR count). The predicted octanol–water partition coefficient (Wildman–Crippen LogP) is 3.87. The molecular weight excluding hydrogens is 379 g/mol. The van der Waals surface area contributed by atoms with E-state index in [0.29, 0.717) is 5.69 Å². The standard InChI is InChI=1S/C15H13ClF3N3O2S/c1-7-5-12(23)22-14(20-7)25-8(2)13(24)21-9-3-4-11(16)10(6-9)15(17,18)19/h3-6,8H,1-2H3,(H,21,24)(H,20,22,23). The zero-order valence-electron chi connectivity index (χ0n) is 13.1.